The van der Waals surface area contributed by atoms with Gasteiger partial charge < -0.3 is 18.9 Å². The Morgan fingerprint density at radius 1 is 1.17 bits per heavy atom. The van der Waals surface area contributed by atoms with Gasteiger partial charge in [0.25, 0.3) is 5.91 Å². The van der Waals surface area contributed by atoms with Gasteiger partial charge >= 0.3 is 5.97 Å². The summed E-state index contributed by atoms with van der Waals surface area (Å²) in [5.41, 5.74) is 2.54. The van der Waals surface area contributed by atoms with E-state index in [9.17, 15) is 14.4 Å². The van der Waals surface area contributed by atoms with E-state index in [2.05, 4.69) is 0 Å². The first kappa shape index (κ1) is 21.6. The van der Waals surface area contributed by atoms with Crippen LogP contribution in [0, 0.1) is 13.8 Å². The van der Waals surface area contributed by atoms with Crippen LogP contribution in [-0.2, 0) is 11.8 Å². The SMILES string of the molecule is CCOC(=O)c1c(C)c(C(=O)CN(C(=O)c2ccccc2OC)C2CC2)c(C)n1C. The van der Waals surface area contributed by atoms with Gasteiger partial charge in [-0.25, -0.2) is 4.79 Å². The van der Waals surface area contributed by atoms with Gasteiger partial charge in [-0.3, -0.25) is 9.59 Å². The van der Waals surface area contributed by atoms with Crippen molar-refractivity contribution >= 4 is 17.7 Å². The number of Topliss-reactive ketones (excluding diaryl/α,β-unsaturated/α-hetero) is 1. The Hall–Kier alpha value is -3.09. The molecule has 1 aliphatic carbocycles. The molecule has 0 atom stereocenters. The van der Waals surface area contributed by atoms with Crippen LogP contribution in [0.5, 0.6) is 5.75 Å². The van der Waals surface area contributed by atoms with E-state index in [0.29, 0.717) is 33.8 Å². The van der Waals surface area contributed by atoms with Crippen molar-refractivity contribution in [3.63, 3.8) is 0 Å². The van der Waals surface area contributed by atoms with Crippen molar-refractivity contribution in [1.29, 1.82) is 0 Å². The van der Waals surface area contributed by atoms with Crippen LogP contribution in [0.25, 0.3) is 0 Å². The van der Waals surface area contributed by atoms with Gasteiger partial charge in [-0.05, 0) is 51.3 Å². The molecule has 1 aliphatic rings. The van der Waals surface area contributed by atoms with E-state index in [1.54, 1.807) is 61.6 Å². The minimum atomic E-state index is -0.455. The first-order chi connectivity index (χ1) is 14.3. The molecule has 0 unspecified atom stereocenters. The molecular weight excluding hydrogens is 384 g/mol. The Morgan fingerprint density at radius 3 is 2.43 bits per heavy atom. The number of aromatic nitrogens is 1. The maximum Gasteiger partial charge on any atom is 0.355 e. The molecule has 1 amide bonds. The molecule has 0 saturated heterocycles. The summed E-state index contributed by atoms with van der Waals surface area (Å²) in [6.07, 6.45) is 1.74. The molecule has 7 heteroatoms. The van der Waals surface area contributed by atoms with Crippen molar-refractivity contribution in [2.75, 3.05) is 20.3 Å². The molecule has 0 spiro atoms. The maximum absolute atomic E-state index is 13.3. The van der Waals surface area contributed by atoms with Crippen LogP contribution in [0.4, 0.5) is 0 Å². The number of benzene rings is 1. The number of hydrogen-bond donors (Lipinski definition) is 0. The summed E-state index contributed by atoms with van der Waals surface area (Å²) < 4.78 is 12.1. The van der Waals surface area contributed by atoms with Gasteiger partial charge in [0.2, 0.25) is 0 Å². The lowest BCUT2D eigenvalue weighted by Gasteiger charge is -2.23. The predicted molar refractivity (Wildman–Crippen MR) is 112 cm³/mol. The Balaban J connectivity index is 1.91. The van der Waals surface area contributed by atoms with E-state index in [0.717, 1.165) is 12.8 Å². The second-order valence-corrected chi connectivity index (χ2v) is 7.50. The molecular formula is C23H28N2O5. The number of nitrogens with zero attached hydrogens (tertiary/aromatic N) is 2. The number of carbonyl (C=O) groups excluding carboxylic acids is 3. The molecule has 1 saturated carbocycles. The maximum atomic E-state index is 13.3. The third kappa shape index (κ3) is 3.97. The minimum absolute atomic E-state index is 0.0419. The average molecular weight is 412 g/mol. The normalized spacial score (nSPS) is 13.1. The fourth-order valence-electron chi connectivity index (χ4n) is 3.84. The molecule has 1 heterocycles. The monoisotopic (exact) mass is 412 g/mol. The molecule has 2 aromatic rings. The summed E-state index contributed by atoms with van der Waals surface area (Å²) in [5, 5.41) is 0. The number of para-hydroxylation sites is 1. The van der Waals surface area contributed by atoms with E-state index >= 15 is 0 Å². The van der Waals surface area contributed by atoms with Crippen LogP contribution in [-0.4, -0.2) is 53.4 Å². The minimum Gasteiger partial charge on any atom is -0.496 e. The summed E-state index contributed by atoms with van der Waals surface area (Å²) in [6.45, 7) is 5.50. The molecule has 30 heavy (non-hydrogen) atoms. The molecule has 1 aromatic carbocycles. The smallest absolute Gasteiger partial charge is 0.355 e. The molecule has 0 aliphatic heterocycles. The van der Waals surface area contributed by atoms with Gasteiger partial charge in [0.1, 0.15) is 11.4 Å². The fourth-order valence-corrected chi connectivity index (χ4v) is 3.84. The lowest BCUT2D eigenvalue weighted by atomic mass is 10.0. The van der Waals surface area contributed by atoms with Crippen LogP contribution >= 0.6 is 0 Å². The van der Waals surface area contributed by atoms with Gasteiger partial charge in [0.15, 0.2) is 5.78 Å². The second kappa shape index (κ2) is 8.73. The first-order valence-electron chi connectivity index (χ1n) is 10.1. The summed E-state index contributed by atoms with van der Waals surface area (Å²) >= 11 is 0. The van der Waals surface area contributed by atoms with Crippen molar-refractivity contribution < 1.29 is 23.9 Å². The highest BCUT2D eigenvalue weighted by atomic mass is 16.5. The van der Waals surface area contributed by atoms with Crippen molar-refractivity contribution in [2.45, 2.75) is 39.7 Å². The lowest BCUT2D eigenvalue weighted by Crippen LogP contribution is -2.38. The lowest BCUT2D eigenvalue weighted by molar-refractivity contribution is 0.0513. The van der Waals surface area contributed by atoms with Gasteiger partial charge in [0, 0.05) is 24.3 Å². The Labute approximate surface area is 176 Å². The van der Waals surface area contributed by atoms with Crippen molar-refractivity contribution in [2.24, 2.45) is 7.05 Å². The van der Waals surface area contributed by atoms with E-state index in [4.69, 9.17) is 9.47 Å². The molecule has 0 N–H and O–H groups in total. The summed E-state index contributed by atoms with van der Waals surface area (Å²) in [5.74, 6) is -0.382. The zero-order valence-corrected chi connectivity index (χ0v) is 18.2. The van der Waals surface area contributed by atoms with Crippen LogP contribution in [0.15, 0.2) is 24.3 Å². The Kier molecular flexibility index (Phi) is 6.29. The highest BCUT2D eigenvalue weighted by Gasteiger charge is 2.36. The fraction of sp³-hybridized carbons (Fsp3) is 0.435. The van der Waals surface area contributed by atoms with Crippen LogP contribution in [0.1, 0.15) is 62.2 Å². The summed E-state index contributed by atoms with van der Waals surface area (Å²) in [4.78, 5) is 40.5. The first-order valence-corrected chi connectivity index (χ1v) is 10.1. The molecule has 0 radical (unpaired) electrons. The predicted octanol–water partition coefficient (Wildman–Crippen LogP) is 3.31. The van der Waals surface area contributed by atoms with Crippen LogP contribution < -0.4 is 4.74 Å². The van der Waals surface area contributed by atoms with Crippen molar-refractivity contribution in [1.82, 2.24) is 9.47 Å². The second-order valence-electron chi connectivity index (χ2n) is 7.50. The summed E-state index contributed by atoms with van der Waals surface area (Å²) in [7, 11) is 3.26. The van der Waals surface area contributed by atoms with Crippen LogP contribution in [0.3, 0.4) is 0 Å². The van der Waals surface area contributed by atoms with Crippen LogP contribution in [0.2, 0.25) is 0 Å². The standard InChI is InChI=1S/C23H28N2O5/c1-6-30-23(28)21-14(2)20(15(3)24(21)4)18(26)13-25(16-11-12-16)22(27)17-9-7-8-10-19(17)29-5/h7-10,16H,6,11-13H2,1-5H3. The topological polar surface area (TPSA) is 77.8 Å². The molecule has 1 fully saturated rings. The number of ketones is 1. The van der Waals surface area contributed by atoms with Gasteiger partial charge in [-0.1, -0.05) is 12.1 Å². The van der Waals surface area contributed by atoms with E-state index in [1.807, 2.05) is 0 Å². The molecule has 3 rings (SSSR count). The number of carbonyl (C=O) groups is 3. The average Bonchev–Trinajstić information content (AvgIpc) is 3.53. The van der Waals surface area contributed by atoms with E-state index < -0.39 is 5.97 Å². The third-order valence-corrected chi connectivity index (χ3v) is 5.58. The highest BCUT2D eigenvalue weighted by Crippen LogP contribution is 2.31. The van der Waals surface area contributed by atoms with Gasteiger partial charge in [0.05, 0.1) is 25.8 Å². The molecule has 1 aromatic heterocycles. The number of amides is 1. The Bertz CT molecular complexity index is 988. The zero-order chi connectivity index (χ0) is 22.0. The van der Waals surface area contributed by atoms with E-state index in [-0.39, 0.29) is 30.9 Å². The number of hydrogen-bond acceptors (Lipinski definition) is 5. The highest BCUT2D eigenvalue weighted by molar-refractivity contribution is 6.06. The Morgan fingerprint density at radius 2 is 1.83 bits per heavy atom. The van der Waals surface area contributed by atoms with Gasteiger partial charge in [-0.2, -0.15) is 0 Å². The molecule has 7 nitrogen and oxygen atoms in total. The number of rotatable bonds is 8. The number of ether oxygens (including phenoxy) is 2. The molecule has 160 valence electrons. The van der Waals surface area contributed by atoms with Crippen molar-refractivity contribution in [3.8, 4) is 5.75 Å². The quantitative estimate of drug-likeness (QED) is 0.491. The van der Waals surface area contributed by atoms with Crippen molar-refractivity contribution in [3.05, 3.63) is 52.3 Å². The number of esters is 1. The third-order valence-electron chi connectivity index (χ3n) is 5.58. The largest absolute Gasteiger partial charge is 0.496 e. The summed E-state index contributed by atoms with van der Waals surface area (Å²) in [6, 6.07) is 7.06. The molecule has 0 bridgehead atoms. The zero-order valence-electron chi connectivity index (χ0n) is 18.2. The number of methoxy groups -OCH3 is 1. The van der Waals surface area contributed by atoms with Gasteiger partial charge in [-0.15, -0.1) is 0 Å². The van der Waals surface area contributed by atoms with E-state index in [1.165, 1.54) is 7.11 Å².